The number of anilines is 2. The molecule has 1 unspecified atom stereocenters. The van der Waals surface area contributed by atoms with Gasteiger partial charge in [0.25, 0.3) is 0 Å². The topological polar surface area (TPSA) is 165 Å². The Kier molecular flexibility index (Phi) is 7.12. The fourth-order valence-electron chi connectivity index (χ4n) is 4.13. The second-order valence-electron chi connectivity index (χ2n) is 8.58. The van der Waals surface area contributed by atoms with Crippen LogP contribution in [0.3, 0.4) is 0 Å². The van der Waals surface area contributed by atoms with E-state index in [9.17, 15) is 10.0 Å². The lowest BCUT2D eigenvalue weighted by Gasteiger charge is -2.20. The standard InChI is InChI=1S/C26H26ClN7O3/c1-12-7-17(14(3)32-19-5-6-20(27)33-21(19)26(29)34-36)24-18(8-12)22(35)13(2)23(37-24)15-9-16(10-30-4)25(28)31-11-15/h5-11,14,32,36H,1-4H3,(H2,28,31)(H2,29,34). The molecule has 0 fully saturated rings. The second kappa shape index (κ2) is 10.3. The summed E-state index contributed by atoms with van der Waals surface area (Å²) in [5, 5.41) is 16.2. The lowest BCUT2D eigenvalue weighted by molar-refractivity contribution is 0.318. The van der Waals surface area contributed by atoms with Gasteiger partial charge in [0.2, 0.25) is 0 Å². The molecule has 190 valence electrons. The Morgan fingerprint density at radius 2 is 2.03 bits per heavy atom. The largest absolute Gasteiger partial charge is 0.455 e. The summed E-state index contributed by atoms with van der Waals surface area (Å²) in [6.07, 6.45) is 3.16. The summed E-state index contributed by atoms with van der Waals surface area (Å²) < 4.78 is 6.40. The van der Waals surface area contributed by atoms with Gasteiger partial charge < -0.3 is 26.4 Å². The highest BCUT2D eigenvalue weighted by atomic mass is 35.5. The molecule has 4 rings (SSSR count). The smallest absolute Gasteiger partial charge is 0.196 e. The van der Waals surface area contributed by atoms with Crippen LogP contribution in [0.2, 0.25) is 5.15 Å². The van der Waals surface area contributed by atoms with Crippen LogP contribution in [0.25, 0.3) is 22.3 Å². The monoisotopic (exact) mass is 519 g/mol. The first-order valence-corrected chi connectivity index (χ1v) is 11.7. The number of pyridine rings is 2. The number of aromatic nitrogens is 2. The lowest BCUT2D eigenvalue weighted by atomic mass is 9.98. The molecule has 3 aromatic heterocycles. The molecule has 6 N–H and O–H groups in total. The number of amidine groups is 1. The summed E-state index contributed by atoms with van der Waals surface area (Å²) in [5.74, 6) is 0.513. The van der Waals surface area contributed by atoms with Crippen LogP contribution in [-0.2, 0) is 0 Å². The molecule has 0 radical (unpaired) electrons. The van der Waals surface area contributed by atoms with Crippen molar-refractivity contribution in [1.29, 1.82) is 0 Å². The van der Waals surface area contributed by atoms with E-state index < -0.39 is 0 Å². The number of hydrogen-bond donors (Lipinski definition) is 4. The van der Waals surface area contributed by atoms with Crippen molar-refractivity contribution in [2.75, 3.05) is 18.1 Å². The molecule has 0 amide bonds. The minimum Gasteiger partial charge on any atom is -0.455 e. The molecular formula is C26H26ClN7O3. The average Bonchev–Trinajstić information content (AvgIpc) is 2.88. The number of rotatable bonds is 6. The summed E-state index contributed by atoms with van der Waals surface area (Å²) >= 11 is 6.02. The van der Waals surface area contributed by atoms with Gasteiger partial charge in [-0.2, -0.15) is 0 Å². The first-order chi connectivity index (χ1) is 17.6. The van der Waals surface area contributed by atoms with Crippen molar-refractivity contribution in [2.24, 2.45) is 15.9 Å². The van der Waals surface area contributed by atoms with Gasteiger partial charge in [-0.05, 0) is 50.6 Å². The van der Waals surface area contributed by atoms with Crippen molar-refractivity contribution in [3.8, 4) is 11.3 Å². The third kappa shape index (κ3) is 4.96. The third-order valence-corrected chi connectivity index (χ3v) is 6.13. The molecule has 1 aromatic carbocycles. The van der Waals surface area contributed by atoms with E-state index in [1.807, 2.05) is 19.9 Å². The number of benzene rings is 1. The van der Waals surface area contributed by atoms with E-state index in [0.29, 0.717) is 44.9 Å². The van der Waals surface area contributed by atoms with Gasteiger partial charge in [0.15, 0.2) is 11.3 Å². The SMILES string of the molecule is CN=Cc1cc(-c2oc3c(C(C)Nc4ccc(Cl)nc4/C(N)=N/O)cc(C)cc3c(=O)c2C)cnc1N. The van der Waals surface area contributed by atoms with Gasteiger partial charge in [-0.1, -0.05) is 22.8 Å². The lowest BCUT2D eigenvalue weighted by Crippen LogP contribution is -2.19. The quantitative estimate of drug-likeness (QED) is 0.0954. The van der Waals surface area contributed by atoms with Crippen LogP contribution >= 0.6 is 11.6 Å². The number of nitrogen functional groups attached to an aromatic ring is 1. The predicted octanol–water partition coefficient (Wildman–Crippen LogP) is 4.42. The first-order valence-electron chi connectivity index (χ1n) is 11.3. The van der Waals surface area contributed by atoms with Crippen LogP contribution in [-0.4, -0.2) is 34.3 Å². The second-order valence-corrected chi connectivity index (χ2v) is 8.97. The highest BCUT2D eigenvalue weighted by Gasteiger charge is 2.21. The molecular weight excluding hydrogens is 494 g/mol. The van der Waals surface area contributed by atoms with E-state index in [1.54, 1.807) is 50.6 Å². The Bertz CT molecular complexity index is 1630. The van der Waals surface area contributed by atoms with Gasteiger partial charge in [-0.15, -0.1) is 0 Å². The number of aryl methyl sites for hydroxylation is 1. The zero-order valence-electron chi connectivity index (χ0n) is 20.7. The molecule has 0 bridgehead atoms. The Morgan fingerprint density at radius 3 is 2.73 bits per heavy atom. The van der Waals surface area contributed by atoms with Crippen LogP contribution in [0.1, 0.15) is 40.9 Å². The molecule has 0 aliphatic carbocycles. The minimum atomic E-state index is -0.373. The molecule has 10 nitrogen and oxygen atoms in total. The summed E-state index contributed by atoms with van der Waals surface area (Å²) in [5.41, 5.74) is 16.0. The molecule has 0 aliphatic heterocycles. The third-order valence-electron chi connectivity index (χ3n) is 5.92. The summed E-state index contributed by atoms with van der Waals surface area (Å²) in [6, 6.07) is 8.42. The number of fused-ring (bicyclic) bond motifs is 1. The number of aliphatic imine (C=N–C) groups is 1. The molecule has 37 heavy (non-hydrogen) atoms. The van der Waals surface area contributed by atoms with Crippen molar-refractivity contribution >= 4 is 46.1 Å². The Balaban J connectivity index is 1.89. The van der Waals surface area contributed by atoms with Crippen molar-refractivity contribution in [1.82, 2.24) is 9.97 Å². The summed E-state index contributed by atoms with van der Waals surface area (Å²) in [4.78, 5) is 25.9. The van der Waals surface area contributed by atoms with Gasteiger partial charge >= 0.3 is 0 Å². The van der Waals surface area contributed by atoms with E-state index >= 15 is 0 Å². The minimum absolute atomic E-state index is 0.151. The molecule has 3 heterocycles. The van der Waals surface area contributed by atoms with Crippen LogP contribution in [0.15, 0.2) is 55.9 Å². The van der Waals surface area contributed by atoms with E-state index in [2.05, 4.69) is 25.4 Å². The van der Waals surface area contributed by atoms with Gasteiger partial charge in [0.1, 0.15) is 28.0 Å². The number of nitrogens with two attached hydrogens (primary N) is 2. The molecule has 11 heteroatoms. The van der Waals surface area contributed by atoms with Crippen molar-refractivity contribution in [2.45, 2.75) is 26.8 Å². The zero-order chi connectivity index (χ0) is 26.9. The van der Waals surface area contributed by atoms with Gasteiger partial charge in [-0.3, -0.25) is 9.79 Å². The van der Waals surface area contributed by atoms with Gasteiger partial charge in [0.05, 0.1) is 17.1 Å². The molecule has 0 aliphatic rings. The maximum Gasteiger partial charge on any atom is 0.196 e. The Labute approximate surface area is 217 Å². The van der Waals surface area contributed by atoms with Crippen LogP contribution in [0, 0.1) is 13.8 Å². The maximum absolute atomic E-state index is 13.5. The zero-order valence-corrected chi connectivity index (χ0v) is 21.5. The van der Waals surface area contributed by atoms with E-state index in [-0.39, 0.29) is 28.2 Å². The average molecular weight is 520 g/mol. The fraction of sp³-hybridized carbons (Fsp3) is 0.192. The van der Waals surface area contributed by atoms with Crippen molar-refractivity contribution < 1.29 is 9.62 Å². The molecule has 0 saturated heterocycles. The Hall–Kier alpha value is -4.44. The molecule has 0 spiro atoms. The van der Waals surface area contributed by atoms with Gasteiger partial charge in [-0.25, -0.2) is 9.97 Å². The highest BCUT2D eigenvalue weighted by molar-refractivity contribution is 6.29. The van der Waals surface area contributed by atoms with Crippen LogP contribution in [0.5, 0.6) is 0 Å². The van der Waals surface area contributed by atoms with Crippen LogP contribution in [0.4, 0.5) is 11.5 Å². The Morgan fingerprint density at radius 1 is 1.27 bits per heavy atom. The number of halogens is 1. The van der Waals surface area contributed by atoms with E-state index in [0.717, 1.165) is 11.1 Å². The number of nitrogens with one attached hydrogen (secondary N) is 1. The number of hydrogen-bond acceptors (Lipinski definition) is 9. The molecule has 4 aromatic rings. The number of nitrogens with zero attached hydrogens (tertiary/aromatic N) is 4. The summed E-state index contributed by atoms with van der Waals surface area (Å²) in [6.45, 7) is 5.53. The first kappa shape index (κ1) is 25.6. The normalized spacial score (nSPS) is 12.8. The van der Waals surface area contributed by atoms with Gasteiger partial charge in [0, 0.05) is 41.7 Å². The maximum atomic E-state index is 13.5. The van der Waals surface area contributed by atoms with E-state index in [4.69, 9.17) is 27.5 Å². The predicted molar refractivity (Wildman–Crippen MR) is 147 cm³/mol. The number of oxime groups is 1. The molecule has 0 saturated carbocycles. The summed E-state index contributed by atoms with van der Waals surface area (Å²) in [7, 11) is 1.64. The van der Waals surface area contributed by atoms with Crippen LogP contribution < -0.4 is 22.2 Å². The fourth-order valence-corrected chi connectivity index (χ4v) is 4.28. The van der Waals surface area contributed by atoms with E-state index in [1.165, 1.54) is 0 Å². The molecule has 1 atom stereocenters. The highest BCUT2D eigenvalue weighted by Crippen LogP contribution is 2.33. The van der Waals surface area contributed by atoms with Crippen molar-refractivity contribution in [3.63, 3.8) is 0 Å². The van der Waals surface area contributed by atoms with Crippen molar-refractivity contribution in [3.05, 3.63) is 79.9 Å².